The first-order valence-electron chi connectivity index (χ1n) is 6.16. The summed E-state index contributed by atoms with van der Waals surface area (Å²) in [5.41, 5.74) is 0.545. The second kappa shape index (κ2) is 6.75. The molecule has 4 nitrogen and oxygen atoms in total. The number of carbonyl (C=O) groups is 1. The van der Waals surface area contributed by atoms with Gasteiger partial charge in [-0.3, -0.25) is 4.79 Å². The number of rotatable bonds is 7. The maximum Gasteiger partial charge on any atom is 0.192 e. The van der Waals surface area contributed by atoms with Crippen LogP contribution in [-0.4, -0.2) is 19.0 Å². The van der Waals surface area contributed by atoms with Crippen molar-refractivity contribution in [2.45, 2.75) is 13.5 Å². The molecule has 0 atom stereocenters. The fourth-order valence-electron chi connectivity index (χ4n) is 1.70. The van der Waals surface area contributed by atoms with Crippen molar-refractivity contribution in [3.8, 4) is 5.75 Å². The smallest absolute Gasteiger partial charge is 0.192 e. The number of ether oxygens (including phenoxy) is 2. The van der Waals surface area contributed by atoms with Gasteiger partial charge in [-0.2, -0.15) is 0 Å². The minimum absolute atomic E-state index is 0.00475. The molecule has 4 heteroatoms. The Kier molecular flexibility index (Phi) is 4.75. The molecule has 0 saturated heterocycles. The first-order chi connectivity index (χ1) is 9.31. The number of furan rings is 1. The predicted octanol–water partition coefficient (Wildman–Crippen LogP) is 3.08. The molecule has 0 saturated carbocycles. The molecule has 0 spiro atoms. The zero-order valence-corrected chi connectivity index (χ0v) is 10.8. The monoisotopic (exact) mass is 260 g/mol. The molecule has 0 aliphatic heterocycles. The van der Waals surface area contributed by atoms with E-state index >= 15 is 0 Å². The molecular weight excluding hydrogens is 244 g/mol. The number of Topliss-reactive ketones (excluding diaryl/α,β-unsaturated/α-hetero) is 1. The molecule has 0 radical (unpaired) electrons. The van der Waals surface area contributed by atoms with Crippen LogP contribution in [0.4, 0.5) is 0 Å². The second-order valence-electron chi connectivity index (χ2n) is 3.92. The molecular formula is C15H16O4. The molecule has 0 bridgehead atoms. The van der Waals surface area contributed by atoms with Gasteiger partial charge in [-0.1, -0.05) is 12.1 Å². The van der Waals surface area contributed by atoms with Crippen molar-refractivity contribution in [2.75, 3.05) is 13.2 Å². The van der Waals surface area contributed by atoms with Crippen molar-refractivity contribution >= 4 is 5.78 Å². The third-order valence-corrected chi connectivity index (χ3v) is 2.54. The highest BCUT2D eigenvalue weighted by Crippen LogP contribution is 2.18. The quantitative estimate of drug-likeness (QED) is 0.718. The highest BCUT2D eigenvalue weighted by atomic mass is 16.5. The van der Waals surface area contributed by atoms with Crippen molar-refractivity contribution < 1.29 is 18.7 Å². The van der Waals surface area contributed by atoms with E-state index in [0.717, 1.165) is 0 Å². The summed E-state index contributed by atoms with van der Waals surface area (Å²) in [7, 11) is 0. The van der Waals surface area contributed by atoms with E-state index in [1.54, 1.807) is 30.5 Å². The van der Waals surface area contributed by atoms with Crippen molar-refractivity contribution in [1.82, 2.24) is 0 Å². The van der Waals surface area contributed by atoms with Crippen LogP contribution in [0.2, 0.25) is 0 Å². The average Bonchev–Trinajstić information content (AvgIpc) is 2.93. The van der Waals surface area contributed by atoms with Crippen LogP contribution in [0.3, 0.4) is 0 Å². The van der Waals surface area contributed by atoms with E-state index in [9.17, 15) is 4.79 Å². The standard InChI is InChI=1S/C15H16O4/c1-2-18-15-8-4-3-7-13(15)14(16)11-17-10-12-6-5-9-19-12/h3-9H,2,10-11H2,1H3. The topological polar surface area (TPSA) is 48.7 Å². The third-order valence-electron chi connectivity index (χ3n) is 2.54. The van der Waals surface area contributed by atoms with Gasteiger partial charge in [0.15, 0.2) is 5.78 Å². The van der Waals surface area contributed by atoms with E-state index in [2.05, 4.69) is 0 Å². The first-order valence-corrected chi connectivity index (χ1v) is 6.16. The van der Waals surface area contributed by atoms with E-state index in [0.29, 0.717) is 23.7 Å². The Morgan fingerprint density at radius 2 is 2.05 bits per heavy atom. The predicted molar refractivity (Wildman–Crippen MR) is 70.3 cm³/mol. The normalized spacial score (nSPS) is 10.4. The molecule has 0 unspecified atom stereocenters. The van der Waals surface area contributed by atoms with Crippen LogP contribution in [-0.2, 0) is 11.3 Å². The van der Waals surface area contributed by atoms with E-state index in [4.69, 9.17) is 13.9 Å². The summed E-state index contributed by atoms with van der Waals surface area (Å²) in [5.74, 6) is 1.19. The molecule has 1 heterocycles. The van der Waals surface area contributed by atoms with Crippen molar-refractivity contribution in [3.05, 3.63) is 54.0 Å². The highest BCUT2D eigenvalue weighted by Gasteiger charge is 2.12. The van der Waals surface area contributed by atoms with Crippen LogP contribution < -0.4 is 4.74 Å². The fraction of sp³-hybridized carbons (Fsp3) is 0.267. The maximum absolute atomic E-state index is 12.0. The van der Waals surface area contributed by atoms with E-state index < -0.39 is 0 Å². The summed E-state index contributed by atoms with van der Waals surface area (Å²) in [4.78, 5) is 12.0. The lowest BCUT2D eigenvalue weighted by Crippen LogP contribution is -2.11. The van der Waals surface area contributed by atoms with Crippen LogP contribution >= 0.6 is 0 Å². The molecule has 1 aromatic carbocycles. The van der Waals surface area contributed by atoms with Crippen LogP contribution in [0.25, 0.3) is 0 Å². The van der Waals surface area contributed by atoms with Gasteiger partial charge in [0.05, 0.1) is 18.4 Å². The molecule has 1 aromatic heterocycles. The number of hydrogen-bond acceptors (Lipinski definition) is 4. The molecule has 0 fully saturated rings. The second-order valence-corrected chi connectivity index (χ2v) is 3.92. The highest BCUT2D eigenvalue weighted by molar-refractivity contribution is 5.99. The van der Waals surface area contributed by atoms with Crippen LogP contribution in [0.15, 0.2) is 47.1 Å². The molecule has 0 N–H and O–H groups in total. The average molecular weight is 260 g/mol. The Morgan fingerprint density at radius 3 is 2.79 bits per heavy atom. The number of benzene rings is 1. The Balaban J connectivity index is 1.92. The summed E-state index contributed by atoms with van der Waals surface area (Å²) < 4.78 is 15.9. The van der Waals surface area contributed by atoms with Gasteiger partial charge in [-0.15, -0.1) is 0 Å². The lowest BCUT2D eigenvalue weighted by atomic mass is 10.1. The van der Waals surface area contributed by atoms with Gasteiger partial charge in [0.25, 0.3) is 0 Å². The van der Waals surface area contributed by atoms with Gasteiger partial charge >= 0.3 is 0 Å². The summed E-state index contributed by atoms with van der Waals surface area (Å²) in [6.07, 6.45) is 1.57. The number of ketones is 1. The number of hydrogen-bond donors (Lipinski definition) is 0. The lowest BCUT2D eigenvalue weighted by Gasteiger charge is -2.09. The molecule has 2 aromatic rings. The van der Waals surface area contributed by atoms with Gasteiger partial charge in [-0.05, 0) is 31.2 Å². The molecule has 2 rings (SSSR count). The maximum atomic E-state index is 12.0. The largest absolute Gasteiger partial charge is 0.493 e. The third kappa shape index (κ3) is 3.69. The van der Waals surface area contributed by atoms with Gasteiger partial charge in [0, 0.05) is 0 Å². The summed E-state index contributed by atoms with van der Waals surface area (Å²) in [5, 5.41) is 0. The SMILES string of the molecule is CCOc1ccccc1C(=O)COCc1ccco1. The van der Waals surface area contributed by atoms with Crippen molar-refractivity contribution in [1.29, 1.82) is 0 Å². The van der Waals surface area contributed by atoms with Gasteiger partial charge in [0.1, 0.15) is 24.7 Å². The van der Waals surface area contributed by atoms with Crippen LogP contribution in [0, 0.1) is 0 Å². The Labute approximate surface area is 111 Å². The first kappa shape index (κ1) is 13.4. The molecule has 0 aliphatic rings. The Bertz CT molecular complexity index is 517. The molecule has 100 valence electrons. The minimum Gasteiger partial charge on any atom is -0.493 e. The zero-order valence-electron chi connectivity index (χ0n) is 10.8. The van der Waals surface area contributed by atoms with E-state index in [1.165, 1.54) is 0 Å². The summed E-state index contributed by atoms with van der Waals surface area (Å²) in [6.45, 7) is 2.70. The number of carbonyl (C=O) groups excluding carboxylic acids is 1. The molecule has 19 heavy (non-hydrogen) atoms. The van der Waals surface area contributed by atoms with Crippen LogP contribution in [0.1, 0.15) is 23.0 Å². The summed E-state index contributed by atoms with van der Waals surface area (Å²) >= 11 is 0. The zero-order chi connectivity index (χ0) is 13.5. The van der Waals surface area contributed by atoms with Crippen molar-refractivity contribution in [2.24, 2.45) is 0 Å². The molecule has 0 amide bonds. The Hall–Kier alpha value is -2.07. The van der Waals surface area contributed by atoms with E-state index in [-0.39, 0.29) is 19.0 Å². The van der Waals surface area contributed by atoms with Gasteiger partial charge < -0.3 is 13.9 Å². The molecule has 0 aliphatic carbocycles. The van der Waals surface area contributed by atoms with Crippen molar-refractivity contribution in [3.63, 3.8) is 0 Å². The summed E-state index contributed by atoms with van der Waals surface area (Å²) in [6, 6.07) is 10.8. The fourth-order valence-corrected chi connectivity index (χ4v) is 1.70. The Morgan fingerprint density at radius 1 is 1.21 bits per heavy atom. The van der Waals surface area contributed by atoms with Gasteiger partial charge in [0.2, 0.25) is 0 Å². The van der Waals surface area contributed by atoms with Gasteiger partial charge in [-0.25, -0.2) is 0 Å². The number of para-hydroxylation sites is 1. The van der Waals surface area contributed by atoms with E-state index in [1.807, 2.05) is 19.1 Å². The lowest BCUT2D eigenvalue weighted by molar-refractivity contribution is 0.0688. The minimum atomic E-state index is -0.101. The van der Waals surface area contributed by atoms with Crippen LogP contribution in [0.5, 0.6) is 5.75 Å².